The predicted molar refractivity (Wildman–Crippen MR) is 110 cm³/mol. The maximum Gasteiger partial charge on any atom is 0.269 e. The van der Waals surface area contributed by atoms with Crippen molar-refractivity contribution in [2.24, 2.45) is 11.0 Å². The largest absolute Gasteiger partial charge is 0.497 e. The fraction of sp³-hybridized carbons (Fsp3) is 0.333. The van der Waals surface area contributed by atoms with Gasteiger partial charge in [-0.1, -0.05) is 12.1 Å². The van der Waals surface area contributed by atoms with Crippen LogP contribution in [0.3, 0.4) is 0 Å². The van der Waals surface area contributed by atoms with E-state index in [-0.39, 0.29) is 17.5 Å². The molecular weight excluding hydrogens is 372 g/mol. The summed E-state index contributed by atoms with van der Waals surface area (Å²) in [4.78, 5) is 24.9. The highest BCUT2D eigenvalue weighted by Gasteiger charge is 2.24. The minimum Gasteiger partial charge on any atom is -0.497 e. The van der Waals surface area contributed by atoms with E-state index in [4.69, 9.17) is 4.74 Å². The molecule has 0 saturated carbocycles. The van der Waals surface area contributed by atoms with Crippen LogP contribution in [0.15, 0.2) is 53.6 Å². The van der Waals surface area contributed by atoms with Crippen molar-refractivity contribution in [2.45, 2.75) is 19.4 Å². The van der Waals surface area contributed by atoms with E-state index in [9.17, 15) is 14.9 Å². The number of hydrogen-bond donors (Lipinski definition) is 1. The number of methoxy groups -OCH3 is 1. The van der Waals surface area contributed by atoms with Crippen molar-refractivity contribution in [2.75, 3.05) is 20.2 Å². The number of benzene rings is 2. The molecule has 0 unspecified atom stereocenters. The molecule has 1 N–H and O–H groups in total. The van der Waals surface area contributed by atoms with Crippen molar-refractivity contribution in [1.82, 2.24) is 10.3 Å². The van der Waals surface area contributed by atoms with Gasteiger partial charge in [0, 0.05) is 24.6 Å². The molecule has 8 nitrogen and oxygen atoms in total. The number of rotatable bonds is 7. The Hall–Kier alpha value is -3.26. The van der Waals surface area contributed by atoms with Crippen LogP contribution < -0.4 is 10.2 Å². The van der Waals surface area contributed by atoms with Gasteiger partial charge in [0.2, 0.25) is 5.91 Å². The number of hydrogen-bond acceptors (Lipinski definition) is 6. The van der Waals surface area contributed by atoms with Crippen LogP contribution in [-0.2, 0) is 11.3 Å². The van der Waals surface area contributed by atoms with Gasteiger partial charge in [-0.3, -0.25) is 19.8 Å². The number of amides is 1. The molecule has 0 aromatic heterocycles. The van der Waals surface area contributed by atoms with Gasteiger partial charge >= 0.3 is 0 Å². The van der Waals surface area contributed by atoms with E-state index < -0.39 is 4.92 Å². The Labute approximate surface area is 169 Å². The number of nitrogens with zero attached hydrogens (tertiary/aromatic N) is 3. The van der Waals surface area contributed by atoms with E-state index >= 15 is 0 Å². The molecule has 0 radical (unpaired) electrons. The molecule has 1 heterocycles. The highest BCUT2D eigenvalue weighted by molar-refractivity contribution is 5.83. The number of carbonyl (C=O) groups excluding carboxylic acids is 1. The summed E-state index contributed by atoms with van der Waals surface area (Å²) in [6, 6.07) is 14.0. The molecule has 1 aliphatic rings. The molecule has 1 saturated heterocycles. The van der Waals surface area contributed by atoms with Gasteiger partial charge in [-0.15, -0.1) is 0 Å². The summed E-state index contributed by atoms with van der Waals surface area (Å²) < 4.78 is 5.11. The van der Waals surface area contributed by atoms with Crippen LogP contribution in [0.1, 0.15) is 24.0 Å². The minimum absolute atomic E-state index is 0.0591. The minimum atomic E-state index is -0.398. The quantitative estimate of drug-likeness (QED) is 0.441. The third-order valence-electron chi connectivity index (χ3n) is 5.02. The fourth-order valence-electron chi connectivity index (χ4n) is 3.29. The molecule has 1 aliphatic heterocycles. The smallest absolute Gasteiger partial charge is 0.269 e. The summed E-state index contributed by atoms with van der Waals surface area (Å²) in [6.45, 7) is 2.33. The fourth-order valence-corrected chi connectivity index (χ4v) is 3.29. The lowest BCUT2D eigenvalue weighted by Gasteiger charge is -2.30. The van der Waals surface area contributed by atoms with Crippen LogP contribution in [0, 0.1) is 16.0 Å². The molecule has 152 valence electrons. The molecule has 8 heteroatoms. The van der Waals surface area contributed by atoms with Gasteiger partial charge in [-0.05, 0) is 61.3 Å². The Balaban J connectivity index is 1.42. The Kier molecular flexibility index (Phi) is 6.91. The Morgan fingerprint density at radius 2 is 1.86 bits per heavy atom. The van der Waals surface area contributed by atoms with E-state index in [0.29, 0.717) is 0 Å². The average molecular weight is 396 g/mol. The van der Waals surface area contributed by atoms with Crippen molar-refractivity contribution < 1.29 is 14.5 Å². The molecule has 1 fully saturated rings. The monoisotopic (exact) mass is 396 g/mol. The first-order chi connectivity index (χ1) is 14.0. The van der Waals surface area contributed by atoms with Crippen LogP contribution >= 0.6 is 0 Å². The second kappa shape index (κ2) is 9.79. The van der Waals surface area contributed by atoms with Gasteiger partial charge in [0.05, 0.1) is 18.2 Å². The maximum absolute atomic E-state index is 12.3. The van der Waals surface area contributed by atoms with Crippen LogP contribution in [0.25, 0.3) is 0 Å². The SMILES string of the molecule is COc1ccc(C=NNC(=O)C2CCN(Cc3ccc([N+](=O)[O-])cc3)CC2)cc1. The summed E-state index contributed by atoms with van der Waals surface area (Å²) in [5.41, 5.74) is 4.63. The summed E-state index contributed by atoms with van der Waals surface area (Å²) in [5, 5.41) is 14.8. The van der Waals surface area contributed by atoms with Gasteiger partial charge in [-0.25, -0.2) is 5.43 Å². The number of nitro benzene ring substituents is 1. The number of piperidine rings is 1. The van der Waals surface area contributed by atoms with Gasteiger partial charge in [-0.2, -0.15) is 5.10 Å². The van der Waals surface area contributed by atoms with E-state index in [1.54, 1.807) is 25.5 Å². The van der Waals surface area contributed by atoms with Gasteiger partial charge in [0.15, 0.2) is 0 Å². The predicted octanol–water partition coefficient (Wildman–Crippen LogP) is 2.97. The maximum atomic E-state index is 12.3. The lowest BCUT2D eigenvalue weighted by molar-refractivity contribution is -0.384. The van der Waals surface area contributed by atoms with Crippen molar-refractivity contribution in [3.63, 3.8) is 0 Å². The molecule has 3 rings (SSSR count). The Morgan fingerprint density at radius 1 is 1.21 bits per heavy atom. The molecule has 0 spiro atoms. The number of nitro groups is 1. The number of non-ortho nitro benzene ring substituents is 1. The first-order valence-corrected chi connectivity index (χ1v) is 9.48. The van der Waals surface area contributed by atoms with E-state index in [2.05, 4.69) is 15.4 Å². The van der Waals surface area contributed by atoms with Gasteiger partial charge in [0.1, 0.15) is 5.75 Å². The first-order valence-electron chi connectivity index (χ1n) is 9.48. The third-order valence-corrected chi connectivity index (χ3v) is 5.02. The van der Waals surface area contributed by atoms with E-state index in [1.807, 2.05) is 24.3 Å². The third kappa shape index (κ3) is 5.86. The van der Waals surface area contributed by atoms with Crippen LogP contribution in [0.2, 0.25) is 0 Å². The summed E-state index contributed by atoms with van der Waals surface area (Å²) >= 11 is 0. The lowest BCUT2D eigenvalue weighted by atomic mass is 9.96. The number of ether oxygens (including phenoxy) is 1. The molecule has 0 bridgehead atoms. The zero-order valence-electron chi connectivity index (χ0n) is 16.3. The van der Waals surface area contributed by atoms with Crippen molar-refractivity contribution in [3.05, 3.63) is 69.8 Å². The lowest BCUT2D eigenvalue weighted by Crippen LogP contribution is -2.39. The molecule has 0 atom stereocenters. The van der Waals surface area contributed by atoms with Crippen molar-refractivity contribution in [3.8, 4) is 5.75 Å². The number of carbonyl (C=O) groups is 1. The molecular formula is C21H24N4O4. The van der Waals surface area contributed by atoms with Gasteiger partial charge in [0.25, 0.3) is 5.69 Å². The zero-order valence-corrected chi connectivity index (χ0v) is 16.3. The van der Waals surface area contributed by atoms with Crippen LogP contribution in [0.4, 0.5) is 5.69 Å². The molecule has 0 aliphatic carbocycles. The zero-order chi connectivity index (χ0) is 20.6. The molecule has 1 amide bonds. The van der Waals surface area contributed by atoms with E-state index in [1.165, 1.54) is 12.1 Å². The molecule has 2 aromatic carbocycles. The summed E-state index contributed by atoms with van der Waals surface area (Å²) in [6.07, 6.45) is 3.13. The van der Waals surface area contributed by atoms with Crippen LogP contribution in [0.5, 0.6) is 5.75 Å². The number of nitrogens with one attached hydrogen (secondary N) is 1. The van der Waals surface area contributed by atoms with Crippen molar-refractivity contribution >= 4 is 17.8 Å². The summed E-state index contributed by atoms with van der Waals surface area (Å²) in [5.74, 6) is 0.646. The number of hydrazone groups is 1. The standard InChI is InChI=1S/C21H24N4O4/c1-29-20-8-4-16(5-9-20)14-22-23-21(26)18-10-12-24(13-11-18)15-17-2-6-19(7-3-17)25(27)28/h2-9,14,18H,10-13,15H2,1H3,(H,23,26). The van der Waals surface area contributed by atoms with Crippen LogP contribution in [-0.4, -0.2) is 42.1 Å². The molecule has 29 heavy (non-hydrogen) atoms. The Bertz CT molecular complexity index is 857. The average Bonchev–Trinajstić information content (AvgIpc) is 2.75. The van der Waals surface area contributed by atoms with Gasteiger partial charge < -0.3 is 4.74 Å². The first kappa shape index (κ1) is 20.5. The van der Waals surface area contributed by atoms with E-state index in [0.717, 1.165) is 49.4 Å². The van der Waals surface area contributed by atoms with Crippen molar-refractivity contribution in [1.29, 1.82) is 0 Å². The normalized spacial score (nSPS) is 15.3. The second-order valence-corrected chi connectivity index (χ2v) is 6.98. The number of likely N-dealkylation sites (tertiary alicyclic amines) is 1. The Morgan fingerprint density at radius 3 is 2.45 bits per heavy atom. The highest BCUT2D eigenvalue weighted by atomic mass is 16.6. The second-order valence-electron chi connectivity index (χ2n) is 6.98. The topological polar surface area (TPSA) is 97.1 Å². The summed E-state index contributed by atoms with van der Waals surface area (Å²) in [7, 11) is 1.61. The molecule has 2 aromatic rings. The highest BCUT2D eigenvalue weighted by Crippen LogP contribution is 2.20.